The smallest absolute Gasteiger partial charge is 0.338 e. The summed E-state index contributed by atoms with van der Waals surface area (Å²) in [4.78, 5) is 29.4. The molecular formula is C15H20N2O4. The first kappa shape index (κ1) is 15.4. The van der Waals surface area contributed by atoms with Crippen LogP contribution in [-0.4, -0.2) is 51.2 Å². The number of aliphatic hydroxyl groups excluding tert-OH is 1. The van der Waals surface area contributed by atoms with Gasteiger partial charge in [-0.25, -0.2) is 4.79 Å². The summed E-state index contributed by atoms with van der Waals surface area (Å²) < 4.78 is 0. The number of carboxylic acid groups (broad SMARTS) is 1. The zero-order valence-electron chi connectivity index (χ0n) is 11.9. The van der Waals surface area contributed by atoms with E-state index in [-0.39, 0.29) is 30.5 Å². The average Bonchev–Trinajstić information content (AvgIpc) is 2.52. The molecule has 2 N–H and O–H groups in total. The highest BCUT2D eigenvalue weighted by molar-refractivity contribution is 6.03. The van der Waals surface area contributed by atoms with Crippen LogP contribution in [0.4, 0.5) is 0 Å². The maximum atomic E-state index is 12.6. The fraction of sp³-hybridized carbons (Fsp3) is 0.533. The largest absolute Gasteiger partial charge is 0.478 e. The van der Waals surface area contributed by atoms with E-state index in [1.54, 1.807) is 4.90 Å². The predicted octanol–water partition coefficient (Wildman–Crippen LogP) is 1.55. The number of nitrogens with zero attached hydrogens (tertiary/aromatic N) is 2. The van der Waals surface area contributed by atoms with Crippen molar-refractivity contribution in [3.8, 4) is 0 Å². The van der Waals surface area contributed by atoms with Gasteiger partial charge in [-0.3, -0.25) is 9.78 Å². The second-order valence-electron chi connectivity index (χ2n) is 5.22. The van der Waals surface area contributed by atoms with Gasteiger partial charge in [0, 0.05) is 18.8 Å². The number of carbonyl (C=O) groups excluding carboxylic acids is 1. The van der Waals surface area contributed by atoms with Crippen LogP contribution in [0.3, 0.4) is 0 Å². The van der Waals surface area contributed by atoms with Crippen molar-refractivity contribution in [3.63, 3.8) is 0 Å². The van der Waals surface area contributed by atoms with Gasteiger partial charge in [0.2, 0.25) is 0 Å². The Bertz CT molecular complexity index is 512. The molecule has 1 amide bonds. The zero-order chi connectivity index (χ0) is 15.2. The molecule has 2 rings (SSSR count). The van der Waals surface area contributed by atoms with Crippen molar-refractivity contribution in [3.05, 3.63) is 29.6 Å². The van der Waals surface area contributed by atoms with Gasteiger partial charge in [0.15, 0.2) is 0 Å². The molecular weight excluding hydrogens is 272 g/mol. The van der Waals surface area contributed by atoms with Gasteiger partial charge in [0.05, 0.1) is 12.2 Å². The molecule has 1 aliphatic rings. The minimum atomic E-state index is -1.17. The molecule has 1 aromatic rings. The second-order valence-corrected chi connectivity index (χ2v) is 5.22. The standard InChI is InChI=1S/C15H20N2O4/c18-10-9-17(11-5-2-1-3-6-11)14(19)13-12(15(20)21)7-4-8-16-13/h4,7-8,11,18H,1-3,5-6,9-10H2,(H,20,21). The van der Waals surface area contributed by atoms with Crippen LogP contribution >= 0.6 is 0 Å². The lowest BCUT2D eigenvalue weighted by Gasteiger charge is -2.34. The molecule has 0 atom stereocenters. The van der Waals surface area contributed by atoms with Gasteiger partial charge in [-0.2, -0.15) is 0 Å². The number of hydrogen-bond donors (Lipinski definition) is 2. The summed E-state index contributed by atoms with van der Waals surface area (Å²) in [6, 6.07) is 2.93. The maximum Gasteiger partial charge on any atom is 0.338 e. The Hall–Kier alpha value is -1.95. The first-order chi connectivity index (χ1) is 10.1. The highest BCUT2D eigenvalue weighted by Gasteiger charge is 2.29. The Kier molecular flexibility index (Phi) is 5.27. The Balaban J connectivity index is 2.27. The third-order valence-corrected chi connectivity index (χ3v) is 3.86. The molecule has 6 nitrogen and oxygen atoms in total. The highest BCUT2D eigenvalue weighted by Crippen LogP contribution is 2.24. The monoisotopic (exact) mass is 292 g/mol. The maximum absolute atomic E-state index is 12.6. The summed E-state index contributed by atoms with van der Waals surface area (Å²) in [5, 5.41) is 18.4. The summed E-state index contributed by atoms with van der Waals surface area (Å²) in [6.07, 6.45) is 6.45. The quantitative estimate of drug-likeness (QED) is 0.859. The fourth-order valence-corrected chi connectivity index (χ4v) is 2.83. The third kappa shape index (κ3) is 3.58. The van der Waals surface area contributed by atoms with Gasteiger partial charge in [-0.1, -0.05) is 19.3 Å². The van der Waals surface area contributed by atoms with E-state index in [1.165, 1.54) is 18.3 Å². The zero-order valence-corrected chi connectivity index (χ0v) is 11.9. The van der Waals surface area contributed by atoms with E-state index in [4.69, 9.17) is 0 Å². The van der Waals surface area contributed by atoms with E-state index < -0.39 is 11.9 Å². The number of amides is 1. The number of rotatable bonds is 5. The van der Waals surface area contributed by atoms with E-state index in [0.717, 1.165) is 32.1 Å². The molecule has 1 fully saturated rings. The van der Waals surface area contributed by atoms with E-state index in [1.807, 2.05) is 0 Å². The minimum absolute atomic E-state index is 0.0518. The lowest BCUT2D eigenvalue weighted by molar-refractivity contribution is 0.0565. The van der Waals surface area contributed by atoms with Crippen LogP contribution in [0.25, 0.3) is 0 Å². The molecule has 0 saturated heterocycles. The Morgan fingerprint density at radius 3 is 2.62 bits per heavy atom. The van der Waals surface area contributed by atoms with Crippen molar-refractivity contribution in [2.75, 3.05) is 13.2 Å². The molecule has 1 heterocycles. The van der Waals surface area contributed by atoms with Crippen molar-refractivity contribution in [1.29, 1.82) is 0 Å². The van der Waals surface area contributed by atoms with Crippen LogP contribution < -0.4 is 0 Å². The molecule has 1 aliphatic carbocycles. The first-order valence-corrected chi connectivity index (χ1v) is 7.25. The SMILES string of the molecule is O=C(O)c1cccnc1C(=O)N(CCO)C1CCCCC1. The molecule has 0 unspecified atom stereocenters. The number of hydrogen-bond acceptors (Lipinski definition) is 4. The number of pyridine rings is 1. The van der Waals surface area contributed by atoms with Crippen LogP contribution in [0.15, 0.2) is 18.3 Å². The molecule has 21 heavy (non-hydrogen) atoms. The van der Waals surface area contributed by atoms with E-state index in [9.17, 15) is 19.8 Å². The summed E-state index contributed by atoms with van der Waals surface area (Å²) in [5.74, 6) is -1.58. The normalized spacial score (nSPS) is 15.7. The molecule has 1 aromatic heterocycles. The summed E-state index contributed by atoms with van der Waals surface area (Å²) in [6.45, 7) is 0.0661. The second kappa shape index (κ2) is 7.17. The fourth-order valence-electron chi connectivity index (χ4n) is 2.83. The number of aromatic nitrogens is 1. The van der Waals surface area contributed by atoms with Crippen LogP contribution in [0.5, 0.6) is 0 Å². The highest BCUT2D eigenvalue weighted by atomic mass is 16.4. The van der Waals surface area contributed by atoms with Gasteiger partial charge in [0.25, 0.3) is 5.91 Å². The summed E-state index contributed by atoms with van der Waals surface area (Å²) in [5.41, 5.74) is -0.148. The molecule has 0 radical (unpaired) electrons. The third-order valence-electron chi connectivity index (χ3n) is 3.86. The minimum Gasteiger partial charge on any atom is -0.478 e. The number of aliphatic hydroxyl groups is 1. The summed E-state index contributed by atoms with van der Waals surface area (Å²) in [7, 11) is 0. The molecule has 0 spiro atoms. The Labute approximate surface area is 123 Å². The summed E-state index contributed by atoms with van der Waals surface area (Å²) >= 11 is 0. The van der Waals surface area contributed by atoms with Gasteiger partial charge in [-0.05, 0) is 25.0 Å². The van der Waals surface area contributed by atoms with Crippen LogP contribution in [-0.2, 0) is 0 Å². The van der Waals surface area contributed by atoms with Crippen molar-refractivity contribution in [1.82, 2.24) is 9.88 Å². The topological polar surface area (TPSA) is 90.7 Å². The number of carbonyl (C=O) groups is 2. The van der Waals surface area contributed by atoms with Crippen LogP contribution in [0.2, 0.25) is 0 Å². The molecule has 114 valence electrons. The Morgan fingerprint density at radius 2 is 2.00 bits per heavy atom. The van der Waals surface area contributed by atoms with Crippen molar-refractivity contribution >= 4 is 11.9 Å². The number of aromatic carboxylic acids is 1. The van der Waals surface area contributed by atoms with E-state index in [2.05, 4.69) is 4.98 Å². The predicted molar refractivity (Wildman–Crippen MR) is 76.2 cm³/mol. The van der Waals surface area contributed by atoms with Gasteiger partial charge >= 0.3 is 5.97 Å². The first-order valence-electron chi connectivity index (χ1n) is 7.25. The van der Waals surface area contributed by atoms with Gasteiger partial charge < -0.3 is 15.1 Å². The van der Waals surface area contributed by atoms with E-state index in [0.29, 0.717) is 0 Å². The van der Waals surface area contributed by atoms with Crippen LogP contribution in [0, 0.1) is 0 Å². The van der Waals surface area contributed by atoms with Crippen molar-refractivity contribution in [2.24, 2.45) is 0 Å². The average molecular weight is 292 g/mol. The molecule has 0 aromatic carbocycles. The van der Waals surface area contributed by atoms with Gasteiger partial charge in [0.1, 0.15) is 5.69 Å². The molecule has 6 heteroatoms. The lowest BCUT2D eigenvalue weighted by atomic mass is 9.93. The van der Waals surface area contributed by atoms with E-state index >= 15 is 0 Å². The number of carboxylic acids is 1. The van der Waals surface area contributed by atoms with Crippen molar-refractivity contribution < 1.29 is 19.8 Å². The van der Waals surface area contributed by atoms with Crippen LogP contribution in [0.1, 0.15) is 53.0 Å². The molecule has 1 saturated carbocycles. The lowest BCUT2D eigenvalue weighted by Crippen LogP contribution is -2.44. The molecule has 0 bridgehead atoms. The Morgan fingerprint density at radius 1 is 1.29 bits per heavy atom. The van der Waals surface area contributed by atoms with Crippen molar-refractivity contribution in [2.45, 2.75) is 38.1 Å². The molecule has 0 aliphatic heterocycles. The van der Waals surface area contributed by atoms with Gasteiger partial charge in [-0.15, -0.1) is 0 Å².